The first-order valence-electron chi connectivity index (χ1n) is 5.57. The van der Waals surface area contributed by atoms with Crippen molar-refractivity contribution in [1.82, 2.24) is 4.98 Å². The van der Waals surface area contributed by atoms with E-state index in [1.54, 1.807) is 6.92 Å². The molecule has 1 aromatic heterocycles. The number of hydrogen-bond donors (Lipinski definition) is 0. The maximum Gasteiger partial charge on any atom is 0.178 e. The molecule has 0 radical (unpaired) electrons. The van der Waals surface area contributed by atoms with Crippen molar-refractivity contribution >= 4 is 44.3 Å². The van der Waals surface area contributed by atoms with E-state index in [0.717, 1.165) is 9.26 Å². The third kappa shape index (κ3) is 7.86. The monoisotopic (exact) mass is 413 g/mol. The molecule has 0 bridgehead atoms. The van der Waals surface area contributed by atoms with Gasteiger partial charge in [0.2, 0.25) is 0 Å². The zero-order valence-electron chi connectivity index (χ0n) is 11.3. The molecule has 0 N–H and O–H groups in total. The predicted octanol–water partition coefficient (Wildman–Crippen LogP) is 5.05. The first-order valence-corrected chi connectivity index (χ1v) is 8.23. The highest BCUT2D eigenvalue weighted by atomic mass is 127. The molecule has 0 aliphatic rings. The van der Waals surface area contributed by atoms with Crippen LogP contribution in [-0.2, 0) is 0 Å². The van der Waals surface area contributed by atoms with Crippen LogP contribution >= 0.6 is 38.5 Å². The lowest BCUT2D eigenvalue weighted by Gasteiger charge is -2.06. The Morgan fingerprint density at radius 2 is 1.76 bits per heavy atom. The Balaban J connectivity index is 0. The van der Waals surface area contributed by atoms with Crippen LogP contribution < -0.4 is 0 Å². The van der Waals surface area contributed by atoms with Crippen molar-refractivity contribution in [1.29, 1.82) is 0 Å². The van der Waals surface area contributed by atoms with Crippen LogP contribution in [0.2, 0.25) is 0 Å². The Morgan fingerprint density at radius 3 is 2.12 bits per heavy atom. The molecular formula is C13H21BrINO. The number of alkyl halides is 1. The molecule has 2 nitrogen and oxygen atoms in total. The summed E-state index contributed by atoms with van der Waals surface area (Å²) >= 11 is 5.14. The third-order valence-corrected chi connectivity index (χ3v) is 2.38. The molecule has 0 aliphatic carbocycles. The molecule has 0 spiro atoms. The van der Waals surface area contributed by atoms with Crippen molar-refractivity contribution in [3.8, 4) is 0 Å². The van der Waals surface area contributed by atoms with E-state index in [0.29, 0.717) is 11.6 Å². The van der Waals surface area contributed by atoms with Gasteiger partial charge in [-0.2, -0.15) is 0 Å². The summed E-state index contributed by atoms with van der Waals surface area (Å²) in [5.41, 5.74) is 1.55. The summed E-state index contributed by atoms with van der Waals surface area (Å²) in [7, 11) is 0. The second-order valence-corrected chi connectivity index (χ2v) is 4.55. The van der Waals surface area contributed by atoms with E-state index in [1.165, 1.54) is 0 Å². The van der Waals surface area contributed by atoms with E-state index < -0.39 is 0 Å². The SMILES string of the molecule is CBr.CC.CC(=O)c1cc(I)cc(C(C)C)n1. The summed E-state index contributed by atoms with van der Waals surface area (Å²) in [4.78, 5) is 15.4. The van der Waals surface area contributed by atoms with Gasteiger partial charge >= 0.3 is 0 Å². The van der Waals surface area contributed by atoms with Gasteiger partial charge in [0.25, 0.3) is 0 Å². The zero-order chi connectivity index (χ0) is 14.0. The van der Waals surface area contributed by atoms with Gasteiger partial charge in [-0.1, -0.05) is 43.6 Å². The Hall–Kier alpha value is 0.0300. The van der Waals surface area contributed by atoms with E-state index in [2.05, 4.69) is 57.4 Å². The number of rotatable bonds is 2. The van der Waals surface area contributed by atoms with Gasteiger partial charge in [0.15, 0.2) is 5.78 Å². The second-order valence-electron chi connectivity index (χ2n) is 3.31. The molecule has 98 valence electrons. The van der Waals surface area contributed by atoms with Crippen molar-refractivity contribution in [3.63, 3.8) is 0 Å². The van der Waals surface area contributed by atoms with Gasteiger partial charge < -0.3 is 0 Å². The topological polar surface area (TPSA) is 30.0 Å². The highest BCUT2D eigenvalue weighted by molar-refractivity contribution is 14.1. The molecule has 0 aliphatic heterocycles. The molecule has 0 fully saturated rings. The molecule has 0 unspecified atom stereocenters. The molecule has 0 saturated heterocycles. The van der Waals surface area contributed by atoms with Gasteiger partial charge in [0.05, 0.1) is 0 Å². The minimum atomic E-state index is 0.0282. The molecule has 0 amide bonds. The smallest absolute Gasteiger partial charge is 0.178 e. The van der Waals surface area contributed by atoms with Crippen LogP contribution in [0.1, 0.15) is 56.7 Å². The van der Waals surface area contributed by atoms with Gasteiger partial charge in [-0.05, 0) is 46.5 Å². The standard InChI is InChI=1S/C10H12INO.C2H6.CH3Br/c1-6(2)9-4-8(11)5-10(12-9)7(3)13;2*1-2/h4-6H,1-3H3;1-2H3;1H3. The molecule has 0 atom stereocenters. The van der Waals surface area contributed by atoms with Crippen LogP contribution in [0.25, 0.3) is 0 Å². The number of aromatic nitrogens is 1. The summed E-state index contributed by atoms with van der Waals surface area (Å²) in [6.45, 7) is 9.69. The quantitative estimate of drug-likeness (QED) is 0.385. The Kier molecular flexibility index (Phi) is 12.7. The van der Waals surface area contributed by atoms with E-state index in [-0.39, 0.29) is 5.78 Å². The van der Waals surface area contributed by atoms with Crippen LogP contribution in [0.3, 0.4) is 0 Å². The van der Waals surface area contributed by atoms with Crippen LogP contribution in [0.5, 0.6) is 0 Å². The van der Waals surface area contributed by atoms with Crippen molar-refractivity contribution in [3.05, 3.63) is 27.1 Å². The minimum absolute atomic E-state index is 0.0282. The highest BCUT2D eigenvalue weighted by Gasteiger charge is 2.07. The number of pyridine rings is 1. The number of halogens is 2. The highest BCUT2D eigenvalue weighted by Crippen LogP contribution is 2.16. The molecule has 4 heteroatoms. The maximum absolute atomic E-state index is 11.1. The number of carbonyl (C=O) groups excluding carboxylic acids is 1. The summed E-state index contributed by atoms with van der Waals surface area (Å²) in [6, 6.07) is 3.83. The number of carbonyl (C=O) groups is 1. The van der Waals surface area contributed by atoms with Gasteiger partial charge in [0.1, 0.15) is 5.69 Å². The normalized spacial score (nSPS) is 8.76. The fraction of sp³-hybridized carbons (Fsp3) is 0.538. The molecule has 0 saturated carbocycles. The van der Waals surface area contributed by atoms with Crippen molar-refractivity contribution in [2.24, 2.45) is 0 Å². The predicted molar refractivity (Wildman–Crippen MR) is 87.2 cm³/mol. The van der Waals surface area contributed by atoms with Crippen molar-refractivity contribution in [2.75, 3.05) is 5.83 Å². The number of Topliss-reactive ketones (excluding diaryl/α,β-unsaturated/α-hetero) is 1. The molecule has 0 aromatic carbocycles. The Bertz CT molecular complexity index is 340. The lowest BCUT2D eigenvalue weighted by atomic mass is 10.1. The summed E-state index contributed by atoms with van der Waals surface area (Å²) in [5, 5.41) is 0. The first-order chi connectivity index (χ1) is 8.00. The van der Waals surface area contributed by atoms with E-state index in [4.69, 9.17) is 0 Å². The average Bonchev–Trinajstić information content (AvgIpc) is 2.33. The summed E-state index contributed by atoms with van der Waals surface area (Å²) in [5.74, 6) is 2.21. The maximum atomic E-state index is 11.1. The van der Waals surface area contributed by atoms with Crippen LogP contribution in [0.4, 0.5) is 0 Å². The van der Waals surface area contributed by atoms with Gasteiger partial charge in [-0.15, -0.1) is 0 Å². The number of nitrogens with zero attached hydrogens (tertiary/aromatic N) is 1. The molecular weight excluding hydrogens is 393 g/mol. The molecule has 1 heterocycles. The minimum Gasteiger partial charge on any atom is -0.293 e. The summed E-state index contributed by atoms with van der Waals surface area (Å²) in [6.07, 6.45) is 0. The first kappa shape index (κ1) is 19.4. The lowest BCUT2D eigenvalue weighted by Crippen LogP contribution is -2.02. The van der Waals surface area contributed by atoms with Gasteiger partial charge in [-0.25, -0.2) is 4.98 Å². The van der Waals surface area contributed by atoms with Gasteiger partial charge in [-0.3, -0.25) is 4.79 Å². The zero-order valence-corrected chi connectivity index (χ0v) is 15.1. The largest absolute Gasteiger partial charge is 0.293 e. The Morgan fingerprint density at radius 1 is 1.29 bits per heavy atom. The van der Waals surface area contributed by atoms with Crippen LogP contribution in [-0.4, -0.2) is 16.6 Å². The fourth-order valence-electron chi connectivity index (χ4n) is 0.993. The fourth-order valence-corrected chi connectivity index (χ4v) is 1.61. The van der Waals surface area contributed by atoms with E-state index >= 15 is 0 Å². The van der Waals surface area contributed by atoms with Crippen LogP contribution in [0.15, 0.2) is 12.1 Å². The second kappa shape index (κ2) is 11.1. The lowest BCUT2D eigenvalue weighted by molar-refractivity contribution is 0.101. The molecule has 1 aromatic rings. The Labute approximate surface area is 127 Å². The number of ketones is 1. The third-order valence-electron chi connectivity index (χ3n) is 1.76. The van der Waals surface area contributed by atoms with Crippen molar-refractivity contribution < 1.29 is 4.79 Å². The van der Waals surface area contributed by atoms with E-state index in [1.807, 2.05) is 31.8 Å². The number of hydrogen-bond acceptors (Lipinski definition) is 2. The van der Waals surface area contributed by atoms with Crippen molar-refractivity contribution in [2.45, 2.75) is 40.5 Å². The van der Waals surface area contributed by atoms with E-state index in [9.17, 15) is 4.79 Å². The van der Waals surface area contributed by atoms with Crippen LogP contribution in [0, 0.1) is 3.57 Å². The molecule has 1 rings (SSSR count). The average molecular weight is 414 g/mol. The van der Waals surface area contributed by atoms with Gasteiger partial charge in [0, 0.05) is 16.2 Å². The summed E-state index contributed by atoms with van der Waals surface area (Å²) < 4.78 is 1.07. The molecule has 17 heavy (non-hydrogen) atoms.